The molecule has 0 aromatic carbocycles. The molecule has 0 aromatic rings. The third-order valence-corrected chi connectivity index (χ3v) is 5.68. The predicted molar refractivity (Wildman–Crippen MR) is 64.3 cm³/mol. The Morgan fingerprint density at radius 3 is 2.33 bits per heavy atom. The van der Waals surface area contributed by atoms with Gasteiger partial charge in [0.15, 0.2) is 0 Å². The molecule has 1 N–H and O–H groups in total. The molecule has 0 amide bonds. The van der Waals surface area contributed by atoms with Crippen molar-refractivity contribution in [3.8, 4) is 0 Å². The second kappa shape index (κ2) is 3.26. The van der Waals surface area contributed by atoms with E-state index in [0.29, 0.717) is 5.92 Å². The highest BCUT2D eigenvalue weighted by Crippen LogP contribution is 2.58. The molecule has 0 saturated heterocycles. The molecule has 3 fully saturated rings. The molecular weight excluding hydrogens is 183 g/mol. The summed E-state index contributed by atoms with van der Waals surface area (Å²) < 4.78 is 0. The molecular formula is C13H23BO. The van der Waals surface area contributed by atoms with E-state index in [1.165, 1.54) is 38.5 Å². The Hall–Kier alpha value is 0.0249. The first-order valence-electron chi connectivity index (χ1n) is 6.78. The van der Waals surface area contributed by atoms with E-state index >= 15 is 0 Å². The molecule has 84 valence electrons. The monoisotopic (exact) mass is 206 g/mol. The fraction of sp³-hybridized carbons (Fsp3) is 1.00. The van der Waals surface area contributed by atoms with Crippen LogP contribution in [0, 0.1) is 29.6 Å². The van der Waals surface area contributed by atoms with Gasteiger partial charge in [0.25, 0.3) is 0 Å². The first-order valence-corrected chi connectivity index (χ1v) is 6.78. The lowest BCUT2D eigenvalue weighted by atomic mass is 9.60. The summed E-state index contributed by atoms with van der Waals surface area (Å²) in [4.78, 5) is 0. The molecule has 0 spiro atoms. The molecule has 1 nitrogen and oxygen atoms in total. The van der Waals surface area contributed by atoms with E-state index in [-0.39, 0.29) is 0 Å². The third kappa shape index (κ3) is 1.56. The Balaban J connectivity index is 1.73. The van der Waals surface area contributed by atoms with Crippen LogP contribution in [0.15, 0.2) is 0 Å². The molecule has 3 saturated carbocycles. The molecule has 0 heterocycles. The van der Waals surface area contributed by atoms with Crippen LogP contribution in [0.4, 0.5) is 0 Å². The summed E-state index contributed by atoms with van der Waals surface area (Å²) in [6.45, 7) is 2.01. The molecule has 15 heavy (non-hydrogen) atoms. The molecule has 0 aromatic heterocycles. The van der Waals surface area contributed by atoms with Gasteiger partial charge in [0, 0.05) is 5.50 Å². The first kappa shape index (κ1) is 10.2. The van der Waals surface area contributed by atoms with Crippen molar-refractivity contribution in [2.45, 2.75) is 50.9 Å². The van der Waals surface area contributed by atoms with Gasteiger partial charge in [0.2, 0.25) is 0 Å². The van der Waals surface area contributed by atoms with Crippen LogP contribution >= 0.6 is 0 Å². The predicted octanol–water partition coefficient (Wildman–Crippen LogP) is 1.79. The van der Waals surface area contributed by atoms with Gasteiger partial charge in [-0.3, -0.25) is 0 Å². The van der Waals surface area contributed by atoms with Crippen molar-refractivity contribution in [1.82, 2.24) is 0 Å². The summed E-state index contributed by atoms with van der Waals surface area (Å²) >= 11 is 0. The molecule has 0 radical (unpaired) electrons. The zero-order valence-electron chi connectivity index (χ0n) is 10.1. The maximum atomic E-state index is 10.1. The van der Waals surface area contributed by atoms with Gasteiger partial charge in [-0.15, -0.1) is 0 Å². The van der Waals surface area contributed by atoms with Crippen molar-refractivity contribution in [1.29, 1.82) is 0 Å². The standard InChI is InChI=1S/C13H23BO/c1-13(14,15)10-4-5-11-8-2-3-9(6-8)12(11)7-10/h8-12,15H,2-7,14H2,1H3. The number of fused-ring (bicyclic) bond motifs is 5. The summed E-state index contributed by atoms with van der Waals surface area (Å²) in [5.74, 6) is 4.70. The van der Waals surface area contributed by atoms with Crippen LogP contribution in [0.2, 0.25) is 0 Å². The summed E-state index contributed by atoms with van der Waals surface area (Å²) in [6.07, 6.45) is 8.51. The summed E-state index contributed by atoms with van der Waals surface area (Å²) in [7, 11) is 2.01. The molecule has 2 bridgehead atoms. The van der Waals surface area contributed by atoms with Crippen LogP contribution in [0.1, 0.15) is 45.4 Å². The maximum absolute atomic E-state index is 10.1. The lowest BCUT2D eigenvalue weighted by Crippen LogP contribution is -2.41. The quantitative estimate of drug-likeness (QED) is 0.648. The van der Waals surface area contributed by atoms with Crippen molar-refractivity contribution in [3.05, 3.63) is 0 Å². The Morgan fingerprint density at radius 1 is 1.00 bits per heavy atom. The minimum absolute atomic E-state index is 0.438. The molecule has 0 aliphatic heterocycles. The normalized spacial score (nSPS) is 52.5. The molecule has 6 atom stereocenters. The average molecular weight is 206 g/mol. The molecule has 3 aliphatic carbocycles. The van der Waals surface area contributed by atoms with Crippen LogP contribution in [-0.2, 0) is 0 Å². The molecule has 3 rings (SSSR count). The van der Waals surface area contributed by atoms with E-state index in [9.17, 15) is 5.11 Å². The Bertz CT molecular complexity index is 258. The Morgan fingerprint density at radius 2 is 1.67 bits per heavy atom. The van der Waals surface area contributed by atoms with Gasteiger partial charge in [-0.1, -0.05) is 0 Å². The average Bonchev–Trinajstić information content (AvgIpc) is 2.76. The van der Waals surface area contributed by atoms with E-state index in [4.69, 9.17) is 0 Å². The Labute approximate surface area is 94.0 Å². The Kier molecular flexibility index (Phi) is 2.21. The zero-order chi connectivity index (χ0) is 10.6. The largest absolute Gasteiger partial charge is 0.399 e. The van der Waals surface area contributed by atoms with Gasteiger partial charge in [-0.25, -0.2) is 0 Å². The highest BCUT2D eigenvalue weighted by molar-refractivity contribution is 6.14. The van der Waals surface area contributed by atoms with Crippen molar-refractivity contribution in [3.63, 3.8) is 0 Å². The van der Waals surface area contributed by atoms with Gasteiger partial charge in [-0.2, -0.15) is 0 Å². The van der Waals surface area contributed by atoms with Gasteiger partial charge < -0.3 is 5.11 Å². The number of hydrogen-bond donors (Lipinski definition) is 1. The van der Waals surface area contributed by atoms with Crippen LogP contribution in [0.3, 0.4) is 0 Å². The van der Waals surface area contributed by atoms with Crippen LogP contribution in [-0.4, -0.2) is 18.5 Å². The SMILES string of the molecule is BC(C)(O)C1CCC2C3CCC(C3)C2C1. The second-order valence-corrected chi connectivity index (χ2v) is 6.82. The summed E-state index contributed by atoms with van der Waals surface area (Å²) in [5, 5.41) is 10.1. The van der Waals surface area contributed by atoms with E-state index in [0.717, 1.165) is 23.7 Å². The molecule has 6 unspecified atom stereocenters. The highest BCUT2D eigenvalue weighted by atomic mass is 16.3. The zero-order valence-corrected chi connectivity index (χ0v) is 10.1. The smallest absolute Gasteiger partial charge is 0.142 e. The fourth-order valence-corrected chi connectivity index (χ4v) is 4.83. The second-order valence-electron chi connectivity index (χ2n) is 6.82. The number of rotatable bonds is 1. The number of aliphatic hydroxyl groups is 1. The molecule has 2 heteroatoms. The highest BCUT2D eigenvalue weighted by Gasteiger charge is 2.50. The topological polar surface area (TPSA) is 20.2 Å². The first-order chi connectivity index (χ1) is 7.05. The van der Waals surface area contributed by atoms with Crippen molar-refractivity contribution in [2.24, 2.45) is 29.6 Å². The van der Waals surface area contributed by atoms with Crippen LogP contribution in [0.25, 0.3) is 0 Å². The number of hydrogen-bond acceptors (Lipinski definition) is 1. The third-order valence-electron chi connectivity index (χ3n) is 5.68. The van der Waals surface area contributed by atoms with E-state index in [1.807, 2.05) is 14.8 Å². The van der Waals surface area contributed by atoms with Crippen LogP contribution in [0.5, 0.6) is 0 Å². The maximum Gasteiger partial charge on any atom is 0.142 e. The lowest BCUT2D eigenvalue weighted by molar-refractivity contribution is 0.0145. The van der Waals surface area contributed by atoms with Crippen molar-refractivity contribution < 1.29 is 5.11 Å². The van der Waals surface area contributed by atoms with Gasteiger partial charge in [0.1, 0.15) is 7.85 Å². The fourth-order valence-electron chi connectivity index (χ4n) is 4.83. The van der Waals surface area contributed by atoms with Gasteiger partial charge in [-0.05, 0) is 75.0 Å². The minimum atomic E-state index is -0.438. The van der Waals surface area contributed by atoms with Crippen molar-refractivity contribution in [2.75, 3.05) is 0 Å². The van der Waals surface area contributed by atoms with E-state index in [2.05, 4.69) is 0 Å². The van der Waals surface area contributed by atoms with Gasteiger partial charge in [0.05, 0.1) is 0 Å². The minimum Gasteiger partial charge on any atom is -0.399 e. The van der Waals surface area contributed by atoms with Gasteiger partial charge >= 0.3 is 0 Å². The van der Waals surface area contributed by atoms with E-state index < -0.39 is 5.50 Å². The summed E-state index contributed by atoms with van der Waals surface area (Å²) in [5.41, 5.74) is -0.438. The molecule has 3 aliphatic rings. The van der Waals surface area contributed by atoms with Crippen molar-refractivity contribution >= 4 is 7.85 Å². The summed E-state index contributed by atoms with van der Waals surface area (Å²) in [6, 6.07) is 0. The van der Waals surface area contributed by atoms with E-state index in [1.54, 1.807) is 0 Å². The van der Waals surface area contributed by atoms with Crippen LogP contribution < -0.4 is 0 Å². The lowest BCUT2D eigenvalue weighted by Gasteiger charge is -2.43.